The summed E-state index contributed by atoms with van der Waals surface area (Å²) in [6.45, 7) is 8.30. The third-order valence-electron chi connectivity index (χ3n) is 2.99. The highest BCUT2D eigenvalue weighted by Gasteiger charge is 2.06. The van der Waals surface area contributed by atoms with Gasteiger partial charge in [0.1, 0.15) is 5.76 Å². The van der Waals surface area contributed by atoms with E-state index in [4.69, 9.17) is 4.42 Å². The molecular formula is C15H29N3O. The van der Waals surface area contributed by atoms with Crippen molar-refractivity contribution in [2.75, 3.05) is 34.2 Å². The van der Waals surface area contributed by atoms with Crippen molar-refractivity contribution < 1.29 is 4.42 Å². The van der Waals surface area contributed by atoms with E-state index in [9.17, 15) is 0 Å². The smallest absolute Gasteiger partial charge is 0.118 e. The molecule has 4 nitrogen and oxygen atoms in total. The van der Waals surface area contributed by atoms with Gasteiger partial charge in [-0.15, -0.1) is 0 Å². The van der Waals surface area contributed by atoms with Crippen LogP contribution in [0, 0.1) is 0 Å². The van der Waals surface area contributed by atoms with Gasteiger partial charge >= 0.3 is 0 Å². The van der Waals surface area contributed by atoms with E-state index < -0.39 is 0 Å². The molecule has 0 aliphatic carbocycles. The van der Waals surface area contributed by atoms with Crippen LogP contribution < -0.4 is 5.32 Å². The molecule has 1 N–H and O–H groups in total. The second-order valence-corrected chi connectivity index (χ2v) is 5.85. The van der Waals surface area contributed by atoms with Crippen molar-refractivity contribution in [3.63, 3.8) is 0 Å². The van der Waals surface area contributed by atoms with Crippen LogP contribution in [0.1, 0.15) is 31.6 Å². The number of hydrogen-bond acceptors (Lipinski definition) is 4. The molecule has 0 radical (unpaired) electrons. The lowest BCUT2D eigenvalue weighted by molar-refractivity contribution is 0.273. The van der Waals surface area contributed by atoms with Crippen LogP contribution in [0.4, 0.5) is 0 Å². The number of rotatable bonds is 9. The van der Waals surface area contributed by atoms with Crippen molar-refractivity contribution in [1.82, 2.24) is 15.1 Å². The van der Waals surface area contributed by atoms with Crippen molar-refractivity contribution in [3.8, 4) is 0 Å². The summed E-state index contributed by atoms with van der Waals surface area (Å²) >= 11 is 0. The number of nitrogens with zero attached hydrogens (tertiary/aromatic N) is 2. The molecule has 110 valence electrons. The quantitative estimate of drug-likeness (QED) is 0.743. The normalized spacial score (nSPS) is 12.0. The summed E-state index contributed by atoms with van der Waals surface area (Å²) in [4.78, 5) is 4.53. The molecule has 4 heteroatoms. The Morgan fingerprint density at radius 1 is 1.21 bits per heavy atom. The zero-order chi connectivity index (χ0) is 14.3. The van der Waals surface area contributed by atoms with Crippen molar-refractivity contribution in [2.45, 2.75) is 39.4 Å². The Labute approximate surface area is 117 Å². The van der Waals surface area contributed by atoms with E-state index in [1.54, 1.807) is 0 Å². The van der Waals surface area contributed by atoms with Crippen LogP contribution in [-0.4, -0.2) is 50.1 Å². The van der Waals surface area contributed by atoms with Gasteiger partial charge in [0.2, 0.25) is 0 Å². The van der Waals surface area contributed by atoms with Crippen molar-refractivity contribution >= 4 is 0 Å². The van der Waals surface area contributed by atoms with Crippen LogP contribution in [0.5, 0.6) is 0 Å². The minimum atomic E-state index is 0.507. The first-order chi connectivity index (χ1) is 8.97. The second kappa shape index (κ2) is 8.35. The standard InChI is InChI=1S/C15H29N3O/c1-13(2)16-10-14-9-15(19-12-14)11-18(5)8-6-7-17(3)4/h9,12-13,16H,6-8,10-11H2,1-5H3. The van der Waals surface area contributed by atoms with E-state index in [-0.39, 0.29) is 0 Å². The summed E-state index contributed by atoms with van der Waals surface area (Å²) < 4.78 is 5.60. The maximum Gasteiger partial charge on any atom is 0.118 e. The Balaban J connectivity index is 2.28. The Hall–Kier alpha value is -0.840. The molecule has 1 heterocycles. The molecule has 0 amide bonds. The van der Waals surface area contributed by atoms with Gasteiger partial charge in [-0.3, -0.25) is 4.90 Å². The molecule has 0 aromatic carbocycles. The first kappa shape index (κ1) is 16.2. The third-order valence-corrected chi connectivity index (χ3v) is 2.99. The molecule has 1 aromatic heterocycles. The van der Waals surface area contributed by atoms with E-state index >= 15 is 0 Å². The fourth-order valence-corrected chi connectivity index (χ4v) is 1.93. The lowest BCUT2D eigenvalue weighted by atomic mass is 10.2. The van der Waals surface area contributed by atoms with Crippen molar-refractivity contribution in [2.24, 2.45) is 0 Å². The SMILES string of the molecule is CC(C)NCc1coc(CN(C)CCCN(C)C)c1. The van der Waals surface area contributed by atoms with Gasteiger partial charge in [-0.2, -0.15) is 0 Å². The van der Waals surface area contributed by atoms with Gasteiger partial charge in [0, 0.05) is 18.2 Å². The summed E-state index contributed by atoms with van der Waals surface area (Å²) in [5.41, 5.74) is 1.23. The van der Waals surface area contributed by atoms with E-state index in [2.05, 4.69) is 56.2 Å². The van der Waals surface area contributed by atoms with Crippen LogP contribution in [0.25, 0.3) is 0 Å². The number of furan rings is 1. The molecule has 1 rings (SSSR count). The fraction of sp³-hybridized carbons (Fsp3) is 0.733. The van der Waals surface area contributed by atoms with Gasteiger partial charge < -0.3 is 14.6 Å². The molecule has 0 fully saturated rings. The van der Waals surface area contributed by atoms with Gasteiger partial charge in [-0.25, -0.2) is 0 Å². The van der Waals surface area contributed by atoms with E-state index in [0.29, 0.717) is 6.04 Å². The highest BCUT2D eigenvalue weighted by atomic mass is 16.3. The molecular weight excluding hydrogens is 238 g/mol. The Kier molecular flexibility index (Phi) is 7.13. The second-order valence-electron chi connectivity index (χ2n) is 5.85. The molecule has 0 spiro atoms. The summed E-state index contributed by atoms with van der Waals surface area (Å²) in [5, 5.41) is 3.40. The van der Waals surface area contributed by atoms with Gasteiger partial charge in [0.05, 0.1) is 12.8 Å². The molecule has 0 bridgehead atoms. The van der Waals surface area contributed by atoms with E-state index in [0.717, 1.165) is 31.9 Å². The highest BCUT2D eigenvalue weighted by molar-refractivity contribution is 5.12. The monoisotopic (exact) mass is 267 g/mol. The zero-order valence-electron chi connectivity index (χ0n) is 13.1. The van der Waals surface area contributed by atoms with Crippen molar-refractivity contribution in [3.05, 3.63) is 23.7 Å². The molecule has 0 atom stereocenters. The molecule has 1 aromatic rings. The van der Waals surface area contributed by atoms with Gasteiger partial charge in [-0.05, 0) is 46.7 Å². The average molecular weight is 267 g/mol. The predicted octanol–water partition coefficient (Wildman–Crippen LogP) is 2.16. The van der Waals surface area contributed by atoms with Gasteiger partial charge in [0.15, 0.2) is 0 Å². The van der Waals surface area contributed by atoms with E-state index in [1.807, 2.05) is 6.26 Å². The Morgan fingerprint density at radius 3 is 2.58 bits per heavy atom. The summed E-state index contributed by atoms with van der Waals surface area (Å²) in [6, 6.07) is 2.66. The molecule has 0 unspecified atom stereocenters. The van der Waals surface area contributed by atoms with Crippen LogP contribution in [0.15, 0.2) is 16.7 Å². The number of hydrogen-bond donors (Lipinski definition) is 1. The predicted molar refractivity (Wildman–Crippen MR) is 80.2 cm³/mol. The maximum absolute atomic E-state index is 5.60. The van der Waals surface area contributed by atoms with Crippen molar-refractivity contribution in [1.29, 1.82) is 0 Å². The molecule has 0 aliphatic rings. The number of nitrogens with one attached hydrogen (secondary N) is 1. The third kappa shape index (κ3) is 7.35. The Morgan fingerprint density at radius 2 is 1.95 bits per heavy atom. The van der Waals surface area contributed by atoms with Gasteiger partial charge in [-0.1, -0.05) is 13.8 Å². The van der Waals surface area contributed by atoms with Crippen LogP contribution >= 0.6 is 0 Å². The molecule has 0 aliphatic heterocycles. The van der Waals surface area contributed by atoms with Crippen LogP contribution in [-0.2, 0) is 13.1 Å². The Bertz CT molecular complexity index is 347. The average Bonchev–Trinajstić information content (AvgIpc) is 2.73. The first-order valence-corrected chi connectivity index (χ1v) is 7.10. The maximum atomic E-state index is 5.60. The largest absolute Gasteiger partial charge is 0.468 e. The van der Waals surface area contributed by atoms with Gasteiger partial charge in [0.25, 0.3) is 0 Å². The minimum Gasteiger partial charge on any atom is -0.468 e. The van der Waals surface area contributed by atoms with E-state index in [1.165, 1.54) is 12.0 Å². The van der Waals surface area contributed by atoms with Crippen LogP contribution in [0.2, 0.25) is 0 Å². The lowest BCUT2D eigenvalue weighted by Gasteiger charge is -2.16. The molecule has 19 heavy (non-hydrogen) atoms. The zero-order valence-corrected chi connectivity index (χ0v) is 13.1. The summed E-state index contributed by atoms with van der Waals surface area (Å²) in [7, 11) is 6.37. The molecule has 0 saturated carbocycles. The van der Waals surface area contributed by atoms with Crippen LogP contribution in [0.3, 0.4) is 0 Å². The lowest BCUT2D eigenvalue weighted by Crippen LogP contribution is -2.23. The topological polar surface area (TPSA) is 31.7 Å². The minimum absolute atomic E-state index is 0.507. The summed E-state index contributed by atoms with van der Waals surface area (Å²) in [6.07, 6.45) is 3.05. The fourth-order valence-electron chi connectivity index (χ4n) is 1.93. The first-order valence-electron chi connectivity index (χ1n) is 7.10. The highest BCUT2D eigenvalue weighted by Crippen LogP contribution is 2.10. The summed E-state index contributed by atoms with van der Waals surface area (Å²) in [5.74, 6) is 1.05. The molecule has 0 saturated heterocycles.